The standard InChI is InChI=1S/C20H36N2O4S/c1-8-25-15-13-16(21-27(24)19(5,6)7)20(14-15)9-11-22(12-10-20)17(23)26-18(2,3)4/h8,15-16,21H,1,9-14H2,2-7H3/t15-,16+,27+/m0/s1. The van der Waals surface area contributed by atoms with Crippen molar-refractivity contribution in [1.82, 2.24) is 9.62 Å². The van der Waals surface area contributed by atoms with Crippen molar-refractivity contribution in [2.45, 2.75) is 89.7 Å². The van der Waals surface area contributed by atoms with Crippen molar-refractivity contribution in [3.63, 3.8) is 0 Å². The van der Waals surface area contributed by atoms with Gasteiger partial charge in [0, 0.05) is 30.9 Å². The molecule has 1 aliphatic carbocycles. The number of nitrogens with one attached hydrogen (secondary N) is 1. The summed E-state index contributed by atoms with van der Waals surface area (Å²) < 4.78 is 26.9. The van der Waals surface area contributed by atoms with E-state index >= 15 is 0 Å². The van der Waals surface area contributed by atoms with Crippen molar-refractivity contribution in [3.05, 3.63) is 12.8 Å². The van der Waals surface area contributed by atoms with E-state index in [1.807, 2.05) is 41.5 Å². The van der Waals surface area contributed by atoms with Gasteiger partial charge in [-0.3, -0.25) is 0 Å². The summed E-state index contributed by atoms with van der Waals surface area (Å²) in [5.41, 5.74) is -0.511. The highest BCUT2D eigenvalue weighted by molar-refractivity contribution is 7.90. The van der Waals surface area contributed by atoms with E-state index in [0.29, 0.717) is 13.1 Å². The Morgan fingerprint density at radius 3 is 2.33 bits per heavy atom. The Labute approximate surface area is 167 Å². The molecule has 1 N–H and O–H groups in total. The molecule has 0 aromatic rings. The van der Waals surface area contributed by atoms with Gasteiger partial charge in [0.2, 0.25) is 0 Å². The van der Waals surface area contributed by atoms with Crippen LogP contribution in [0.1, 0.15) is 67.2 Å². The van der Waals surface area contributed by atoms with Crippen LogP contribution in [-0.2, 0) is 20.8 Å². The predicted octanol–water partition coefficient (Wildman–Crippen LogP) is 3.75. The molecule has 7 heteroatoms. The Hall–Kier alpha value is -0.920. The summed E-state index contributed by atoms with van der Waals surface area (Å²) in [6, 6.07) is 0.100. The van der Waals surface area contributed by atoms with Crippen molar-refractivity contribution in [2.24, 2.45) is 5.41 Å². The molecule has 1 saturated heterocycles. The molecule has 1 saturated carbocycles. The maximum Gasteiger partial charge on any atom is 0.410 e. The molecule has 156 valence electrons. The van der Waals surface area contributed by atoms with Gasteiger partial charge in [-0.1, -0.05) is 6.58 Å². The van der Waals surface area contributed by atoms with Gasteiger partial charge in [0.05, 0.1) is 12.3 Å². The summed E-state index contributed by atoms with van der Waals surface area (Å²) >= 11 is -1.14. The molecule has 0 aromatic carbocycles. The Morgan fingerprint density at radius 1 is 1.26 bits per heavy atom. The summed E-state index contributed by atoms with van der Waals surface area (Å²) in [6.07, 6.45) is 4.71. The fraction of sp³-hybridized carbons (Fsp3) is 0.850. The molecule has 2 fully saturated rings. The number of carbonyl (C=O) groups is 1. The van der Waals surface area contributed by atoms with Crippen LogP contribution in [0.2, 0.25) is 0 Å². The van der Waals surface area contributed by atoms with Crippen LogP contribution in [-0.4, -0.2) is 51.1 Å². The topological polar surface area (TPSA) is 73.9 Å². The lowest BCUT2D eigenvalue weighted by atomic mass is 9.74. The normalized spacial score (nSPS) is 26.7. The average molecular weight is 401 g/mol. The van der Waals surface area contributed by atoms with E-state index < -0.39 is 17.0 Å². The fourth-order valence-electron chi connectivity index (χ4n) is 3.92. The quantitative estimate of drug-likeness (QED) is 0.575. The molecule has 1 amide bonds. The smallest absolute Gasteiger partial charge is 0.410 e. The molecular formula is C20H36N2O4S. The van der Waals surface area contributed by atoms with Gasteiger partial charge >= 0.3 is 6.09 Å². The Balaban J connectivity index is 2.06. The number of piperidine rings is 1. The van der Waals surface area contributed by atoms with Crippen molar-refractivity contribution in [1.29, 1.82) is 0 Å². The van der Waals surface area contributed by atoms with Crippen molar-refractivity contribution >= 4 is 17.5 Å². The molecule has 1 aliphatic heterocycles. The van der Waals surface area contributed by atoms with Gasteiger partial charge in [0.1, 0.15) is 16.5 Å². The maximum absolute atomic E-state index is 12.7. The SMILES string of the molecule is C=CO[C@H]1C[C@@H](N[S@+]([O-])C(C)(C)C)C2(CCN(C(=O)OC(C)(C)C)CC2)C1. The molecule has 2 aliphatic rings. The molecule has 27 heavy (non-hydrogen) atoms. The molecule has 1 heterocycles. The van der Waals surface area contributed by atoms with E-state index in [2.05, 4.69) is 11.3 Å². The van der Waals surface area contributed by atoms with Crippen LogP contribution in [0.25, 0.3) is 0 Å². The fourth-order valence-corrected chi connectivity index (χ4v) is 4.88. The molecule has 0 bridgehead atoms. The second-order valence-corrected chi connectivity index (χ2v) is 11.7. The highest BCUT2D eigenvalue weighted by Crippen LogP contribution is 2.48. The summed E-state index contributed by atoms with van der Waals surface area (Å²) in [5, 5.41) is 0. The molecule has 6 nitrogen and oxygen atoms in total. The minimum Gasteiger partial charge on any atom is -0.598 e. The molecular weight excluding hydrogens is 364 g/mol. The Bertz CT molecular complexity index is 533. The summed E-state index contributed by atoms with van der Waals surface area (Å²) in [6.45, 7) is 16.5. The van der Waals surface area contributed by atoms with Gasteiger partial charge in [-0.05, 0) is 66.2 Å². The lowest BCUT2D eigenvalue weighted by molar-refractivity contribution is 0.00659. The first-order chi connectivity index (χ1) is 12.4. The minimum absolute atomic E-state index is 0.0207. The number of carbonyl (C=O) groups excluding carboxylic acids is 1. The minimum atomic E-state index is -1.14. The van der Waals surface area contributed by atoms with Gasteiger partial charge in [-0.15, -0.1) is 4.72 Å². The van der Waals surface area contributed by atoms with Crippen molar-refractivity contribution in [2.75, 3.05) is 13.1 Å². The second-order valence-electron chi connectivity index (χ2n) is 9.75. The van der Waals surface area contributed by atoms with Crippen LogP contribution < -0.4 is 4.72 Å². The molecule has 0 unspecified atom stereocenters. The second kappa shape index (κ2) is 8.21. The molecule has 1 spiro atoms. The van der Waals surface area contributed by atoms with Crippen molar-refractivity contribution in [3.8, 4) is 0 Å². The zero-order chi connectivity index (χ0) is 20.5. The third-order valence-corrected chi connectivity index (χ3v) is 6.99. The van der Waals surface area contributed by atoms with E-state index in [0.717, 1.165) is 25.7 Å². The monoisotopic (exact) mass is 400 g/mol. The first kappa shape index (κ1) is 22.4. The predicted molar refractivity (Wildman–Crippen MR) is 109 cm³/mol. The van der Waals surface area contributed by atoms with Crippen LogP contribution in [0, 0.1) is 5.41 Å². The van der Waals surface area contributed by atoms with E-state index in [1.165, 1.54) is 6.26 Å². The van der Waals surface area contributed by atoms with Gasteiger partial charge in [0.15, 0.2) is 0 Å². The van der Waals surface area contributed by atoms with Gasteiger partial charge in [-0.2, -0.15) is 0 Å². The highest BCUT2D eigenvalue weighted by Gasteiger charge is 2.52. The Morgan fingerprint density at radius 2 is 1.85 bits per heavy atom. The first-order valence-electron chi connectivity index (χ1n) is 9.79. The maximum atomic E-state index is 12.7. The number of hydrogen-bond donors (Lipinski definition) is 1. The molecule has 3 atom stereocenters. The molecule has 0 aromatic heterocycles. The number of likely N-dealkylation sites (tertiary alicyclic amines) is 1. The third kappa shape index (κ3) is 5.78. The van der Waals surface area contributed by atoms with Crippen LogP contribution in [0.3, 0.4) is 0 Å². The Kier molecular flexibility index (Phi) is 6.80. The van der Waals surface area contributed by atoms with Crippen LogP contribution in [0.5, 0.6) is 0 Å². The summed E-state index contributed by atoms with van der Waals surface area (Å²) in [7, 11) is 0. The number of nitrogens with zero attached hydrogens (tertiary/aromatic N) is 1. The lowest BCUT2D eigenvalue weighted by Crippen LogP contribution is -2.54. The van der Waals surface area contributed by atoms with E-state index in [1.54, 1.807) is 4.90 Å². The zero-order valence-corrected chi connectivity index (χ0v) is 18.5. The molecule has 2 rings (SSSR count). The summed E-state index contributed by atoms with van der Waals surface area (Å²) in [4.78, 5) is 14.2. The summed E-state index contributed by atoms with van der Waals surface area (Å²) in [5.74, 6) is 0. The third-order valence-electron chi connectivity index (χ3n) is 5.38. The number of rotatable bonds is 4. The number of ether oxygens (including phenoxy) is 2. The van der Waals surface area contributed by atoms with Gasteiger partial charge in [-0.25, -0.2) is 4.79 Å². The van der Waals surface area contributed by atoms with E-state index in [4.69, 9.17) is 9.47 Å². The van der Waals surface area contributed by atoms with Crippen LogP contribution in [0.4, 0.5) is 4.79 Å². The van der Waals surface area contributed by atoms with Crippen LogP contribution >= 0.6 is 0 Å². The van der Waals surface area contributed by atoms with E-state index in [9.17, 15) is 9.35 Å². The molecule has 0 radical (unpaired) electrons. The van der Waals surface area contributed by atoms with Crippen LogP contribution in [0.15, 0.2) is 12.8 Å². The zero-order valence-electron chi connectivity index (χ0n) is 17.7. The largest absolute Gasteiger partial charge is 0.598 e. The van der Waals surface area contributed by atoms with E-state index in [-0.39, 0.29) is 28.4 Å². The number of hydrogen-bond acceptors (Lipinski definition) is 5. The lowest BCUT2D eigenvalue weighted by Gasteiger charge is -2.43. The van der Waals surface area contributed by atoms with Gasteiger partial charge < -0.3 is 18.9 Å². The van der Waals surface area contributed by atoms with Crippen molar-refractivity contribution < 1.29 is 18.8 Å². The van der Waals surface area contributed by atoms with Gasteiger partial charge in [0.25, 0.3) is 0 Å². The number of amides is 1. The highest BCUT2D eigenvalue weighted by atomic mass is 32.2. The average Bonchev–Trinajstić information content (AvgIpc) is 2.82. The first-order valence-corrected chi connectivity index (χ1v) is 10.9.